The van der Waals surface area contributed by atoms with Gasteiger partial charge in [-0.05, 0) is 54.3 Å². The lowest BCUT2D eigenvalue weighted by Gasteiger charge is -2.33. The van der Waals surface area contributed by atoms with Crippen LogP contribution in [0.5, 0.6) is 0 Å². The van der Waals surface area contributed by atoms with E-state index in [1.807, 2.05) is 56.3 Å². The van der Waals surface area contributed by atoms with Crippen molar-refractivity contribution in [2.75, 3.05) is 23.7 Å². The first kappa shape index (κ1) is 30.2. The van der Waals surface area contributed by atoms with E-state index in [2.05, 4.69) is 5.32 Å². The second kappa shape index (κ2) is 14.1. The Kier molecular flexibility index (Phi) is 10.9. The number of halogens is 1. The minimum atomic E-state index is -3.80. The van der Waals surface area contributed by atoms with Crippen molar-refractivity contribution in [1.82, 2.24) is 10.2 Å². The third kappa shape index (κ3) is 9.11. The Balaban J connectivity index is 2.03. The number of nitrogens with one attached hydrogen (secondary N) is 1. The third-order valence-corrected chi connectivity index (χ3v) is 7.69. The Morgan fingerprint density at radius 2 is 1.64 bits per heavy atom. The summed E-state index contributed by atoms with van der Waals surface area (Å²) < 4.78 is 26.7. The zero-order chi connectivity index (χ0) is 28.4. The van der Waals surface area contributed by atoms with Crippen LogP contribution in [0.25, 0.3) is 0 Å². The summed E-state index contributed by atoms with van der Waals surface area (Å²) >= 11 is 6.23. The van der Waals surface area contributed by atoms with Crippen molar-refractivity contribution in [2.24, 2.45) is 0 Å². The van der Waals surface area contributed by atoms with Crippen LogP contribution in [0.4, 0.5) is 5.69 Å². The molecule has 0 unspecified atom stereocenters. The number of rotatable bonds is 13. The van der Waals surface area contributed by atoms with Crippen LogP contribution in [0.2, 0.25) is 5.02 Å². The average Bonchev–Trinajstić information content (AvgIpc) is 2.89. The maximum atomic E-state index is 14.0. The molecule has 1 atom stereocenters. The number of carbonyl (C=O) groups excluding carboxylic acids is 2. The van der Waals surface area contributed by atoms with Crippen LogP contribution in [0, 0.1) is 6.92 Å². The van der Waals surface area contributed by atoms with Crippen molar-refractivity contribution in [3.8, 4) is 0 Å². The molecule has 1 N–H and O–H groups in total. The van der Waals surface area contributed by atoms with Gasteiger partial charge in [0.15, 0.2) is 0 Å². The molecule has 0 aromatic heterocycles. The molecule has 0 spiro atoms. The van der Waals surface area contributed by atoms with E-state index in [0.29, 0.717) is 17.3 Å². The lowest BCUT2D eigenvalue weighted by Crippen LogP contribution is -2.53. The summed E-state index contributed by atoms with van der Waals surface area (Å²) in [4.78, 5) is 29.0. The normalized spacial score (nSPS) is 12.0. The molecule has 0 saturated heterocycles. The average molecular weight is 570 g/mol. The van der Waals surface area contributed by atoms with Crippen molar-refractivity contribution < 1.29 is 18.0 Å². The van der Waals surface area contributed by atoms with Crippen LogP contribution in [-0.4, -0.2) is 50.5 Å². The molecular weight excluding hydrogens is 534 g/mol. The number of sulfonamides is 1. The number of unbranched alkanes of at least 4 members (excludes halogenated alkanes) is 1. The molecule has 0 heterocycles. The van der Waals surface area contributed by atoms with Gasteiger partial charge in [0.25, 0.3) is 0 Å². The Morgan fingerprint density at radius 3 is 2.28 bits per heavy atom. The first-order valence-corrected chi connectivity index (χ1v) is 15.2. The summed E-state index contributed by atoms with van der Waals surface area (Å²) in [6.07, 6.45) is 3.06. The van der Waals surface area contributed by atoms with Gasteiger partial charge in [-0.25, -0.2) is 8.42 Å². The van der Waals surface area contributed by atoms with Crippen molar-refractivity contribution in [3.05, 3.63) is 101 Å². The molecule has 3 aromatic carbocycles. The van der Waals surface area contributed by atoms with E-state index in [1.165, 1.54) is 4.90 Å². The standard InChI is InChI=1S/C30H36ClN3O4S/c1-4-5-17-32-30(36)28(20-24-12-7-6-8-13-24)33(21-25-14-10-15-26(31)19-25)29(35)22-34(39(3,37)38)27-16-9-11-23(2)18-27/h6-16,18-19,28H,4-5,17,20-22H2,1-3H3,(H,32,36)/t28-/m1/s1. The van der Waals surface area contributed by atoms with E-state index in [4.69, 9.17) is 11.6 Å². The fourth-order valence-corrected chi connectivity index (χ4v) is 5.34. The van der Waals surface area contributed by atoms with Gasteiger partial charge in [-0.3, -0.25) is 13.9 Å². The highest BCUT2D eigenvalue weighted by Gasteiger charge is 2.33. The first-order valence-electron chi connectivity index (χ1n) is 13.0. The van der Waals surface area contributed by atoms with E-state index in [0.717, 1.165) is 40.1 Å². The number of anilines is 1. The lowest BCUT2D eigenvalue weighted by molar-refractivity contribution is -0.140. The maximum Gasteiger partial charge on any atom is 0.244 e. The summed E-state index contributed by atoms with van der Waals surface area (Å²) in [5, 5.41) is 3.47. The van der Waals surface area contributed by atoms with Crippen LogP contribution in [0.15, 0.2) is 78.9 Å². The predicted octanol–water partition coefficient (Wildman–Crippen LogP) is 4.97. The molecule has 7 nitrogen and oxygen atoms in total. The van der Waals surface area contributed by atoms with E-state index >= 15 is 0 Å². The van der Waals surface area contributed by atoms with E-state index in [9.17, 15) is 18.0 Å². The van der Waals surface area contributed by atoms with Gasteiger partial charge in [-0.15, -0.1) is 0 Å². The number of nitrogens with zero attached hydrogens (tertiary/aromatic N) is 2. The molecule has 39 heavy (non-hydrogen) atoms. The monoisotopic (exact) mass is 569 g/mol. The van der Waals surface area contributed by atoms with Crippen molar-refractivity contribution >= 4 is 39.1 Å². The third-order valence-electron chi connectivity index (χ3n) is 6.31. The lowest BCUT2D eigenvalue weighted by atomic mass is 10.0. The highest BCUT2D eigenvalue weighted by atomic mass is 35.5. The largest absolute Gasteiger partial charge is 0.354 e. The van der Waals surface area contributed by atoms with Gasteiger partial charge in [0.1, 0.15) is 12.6 Å². The molecule has 3 rings (SSSR count). The van der Waals surface area contributed by atoms with Gasteiger partial charge >= 0.3 is 0 Å². The smallest absolute Gasteiger partial charge is 0.244 e. The van der Waals surface area contributed by atoms with Gasteiger partial charge in [0.05, 0.1) is 11.9 Å². The number of amides is 2. The SMILES string of the molecule is CCCCNC(=O)[C@@H](Cc1ccccc1)N(Cc1cccc(Cl)c1)C(=O)CN(c1cccc(C)c1)S(C)(=O)=O. The summed E-state index contributed by atoms with van der Waals surface area (Å²) in [6.45, 7) is 4.01. The number of aryl methyl sites for hydroxylation is 1. The van der Waals surface area contributed by atoms with Gasteiger partial charge in [0.2, 0.25) is 21.8 Å². The number of hydrogen-bond donors (Lipinski definition) is 1. The van der Waals surface area contributed by atoms with Crippen LogP contribution < -0.4 is 9.62 Å². The molecule has 9 heteroatoms. The second-order valence-corrected chi connectivity index (χ2v) is 12.0. The topological polar surface area (TPSA) is 86.8 Å². The van der Waals surface area contributed by atoms with Gasteiger partial charge in [-0.1, -0.05) is 79.5 Å². The van der Waals surface area contributed by atoms with Crippen molar-refractivity contribution in [1.29, 1.82) is 0 Å². The highest BCUT2D eigenvalue weighted by Crippen LogP contribution is 2.22. The number of benzene rings is 3. The molecule has 208 valence electrons. The molecule has 2 amide bonds. The van der Waals surface area contributed by atoms with Crippen molar-refractivity contribution in [2.45, 2.75) is 45.7 Å². The maximum absolute atomic E-state index is 14.0. The molecule has 0 radical (unpaired) electrons. The molecule has 0 aliphatic rings. The Hall–Kier alpha value is -3.36. The van der Waals surface area contributed by atoms with E-state index in [-0.39, 0.29) is 18.9 Å². The number of hydrogen-bond acceptors (Lipinski definition) is 4. The Bertz CT molecular complexity index is 1370. The van der Waals surface area contributed by atoms with Gasteiger partial charge < -0.3 is 10.2 Å². The van der Waals surface area contributed by atoms with E-state index in [1.54, 1.807) is 36.4 Å². The molecule has 0 aliphatic carbocycles. The van der Waals surface area contributed by atoms with Crippen LogP contribution in [-0.2, 0) is 32.6 Å². The Morgan fingerprint density at radius 1 is 0.949 bits per heavy atom. The molecule has 0 aliphatic heterocycles. The molecule has 0 saturated carbocycles. The Labute approximate surface area is 236 Å². The summed E-state index contributed by atoms with van der Waals surface area (Å²) in [7, 11) is -3.80. The number of carbonyl (C=O) groups is 2. The molecule has 0 fully saturated rings. The first-order chi connectivity index (χ1) is 18.6. The van der Waals surface area contributed by atoms with Crippen LogP contribution >= 0.6 is 11.6 Å². The zero-order valence-electron chi connectivity index (χ0n) is 22.6. The molecular formula is C30H36ClN3O4S. The minimum Gasteiger partial charge on any atom is -0.354 e. The fraction of sp³-hybridized carbons (Fsp3) is 0.333. The molecule has 0 bridgehead atoms. The quantitative estimate of drug-likeness (QED) is 0.294. The van der Waals surface area contributed by atoms with Crippen LogP contribution in [0.1, 0.15) is 36.5 Å². The fourth-order valence-electron chi connectivity index (χ4n) is 4.29. The zero-order valence-corrected chi connectivity index (χ0v) is 24.2. The van der Waals surface area contributed by atoms with E-state index < -0.39 is 28.5 Å². The molecule has 3 aromatic rings. The summed E-state index contributed by atoms with van der Waals surface area (Å²) in [5.41, 5.74) is 2.87. The van der Waals surface area contributed by atoms with Crippen LogP contribution in [0.3, 0.4) is 0 Å². The van der Waals surface area contributed by atoms with Gasteiger partial charge in [-0.2, -0.15) is 0 Å². The summed E-state index contributed by atoms with van der Waals surface area (Å²) in [5.74, 6) is -0.780. The highest BCUT2D eigenvalue weighted by molar-refractivity contribution is 7.92. The summed E-state index contributed by atoms with van der Waals surface area (Å²) in [6, 6.07) is 22.7. The predicted molar refractivity (Wildman–Crippen MR) is 157 cm³/mol. The second-order valence-electron chi connectivity index (χ2n) is 9.61. The van der Waals surface area contributed by atoms with Crippen molar-refractivity contribution in [3.63, 3.8) is 0 Å². The minimum absolute atomic E-state index is 0.0868. The van der Waals surface area contributed by atoms with Gasteiger partial charge in [0, 0.05) is 24.5 Å².